The molecule has 5 nitrogen and oxygen atoms in total. The van der Waals surface area contributed by atoms with Crippen molar-refractivity contribution in [3.8, 4) is 11.5 Å². The van der Waals surface area contributed by atoms with Gasteiger partial charge in [0, 0.05) is 12.1 Å². The first-order chi connectivity index (χ1) is 9.56. The molecule has 0 bridgehead atoms. The highest BCUT2D eigenvalue weighted by Gasteiger charge is 2.09. The molecular weight excluding hydrogens is 260 g/mol. The van der Waals surface area contributed by atoms with Gasteiger partial charge in [0.05, 0.1) is 6.26 Å². The molecule has 0 fully saturated rings. The Hall–Kier alpha value is -2.82. The number of hydrogen-bond acceptors (Lipinski definition) is 5. The number of phenolic OH excluding ortho intramolecular Hbond substituents is 1. The van der Waals surface area contributed by atoms with Crippen molar-refractivity contribution in [3.63, 3.8) is 0 Å². The lowest BCUT2D eigenvalue weighted by atomic mass is 10.2. The largest absolute Gasteiger partial charge is 0.508 e. The molecule has 0 saturated carbocycles. The van der Waals surface area contributed by atoms with Gasteiger partial charge in [-0.2, -0.15) is 0 Å². The fourth-order valence-electron chi connectivity index (χ4n) is 1.51. The molecule has 0 spiro atoms. The standard InChI is InChI=1S/C15H12O5/c1-10-15(13(17)8-9-19-10)20-14(18)7-4-11-2-5-12(16)6-3-11/h2-9,16H,1H3/b7-4+. The van der Waals surface area contributed by atoms with Crippen molar-refractivity contribution in [3.05, 3.63) is 64.2 Å². The molecule has 0 aliphatic heterocycles. The molecule has 102 valence electrons. The predicted octanol–water partition coefficient (Wildman–Crippen LogP) is 2.27. The van der Waals surface area contributed by atoms with Crippen LogP contribution in [0.4, 0.5) is 0 Å². The molecule has 0 unspecified atom stereocenters. The molecule has 0 aliphatic carbocycles. The average molecular weight is 272 g/mol. The van der Waals surface area contributed by atoms with Gasteiger partial charge in [-0.15, -0.1) is 0 Å². The van der Waals surface area contributed by atoms with Gasteiger partial charge in [-0.3, -0.25) is 4.79 Å². The zero-order valence-electron chi connectivity index (χ0n) is 10.7. The minimum absolute atomic E-state index is 0.118. The Kier molecular flexibility index (Phi) is 4.00. The molecule has 2 aromatic rings. The van der Waals surface area contributed by atoms with Gasteiger partial charge in [0.1, 0.15) is 11.5 Å². The number of hydrogen-bond donors (Lipinski definition) is 1. The van der Waals surface area contributed by atoms with E-state index in [-0.39, 0.29) is 17.3 Å². The highest BCUT2D eigenvalue weighted by molar-refractivity contribution is 5.88. The Morgan fingerprint density at radius 2 is 1.95 bits per heavy atom. The minimum atomic E-state index is -0.681. The number of benzene rings is 1. The minimum Gasteiger partial charge on any atom is -0.508 e. The first-order valence-corrected chi connectivity index (χ1v) is 5.83. The first kappa shape index (κ1) is 13.6. The zero-order chi connectivity index (χ0) is 14.5. The Morgan fingerprint density at radius 1 is 1.25 bits per heavy atom. The molecule has 2 rings (SSSR count). The van der Waals surface area contributed by atoms with Gasteiger partial charge in [-0.25, -0.2) is 4.79 Å². The molecule has 0 radical (unpaired) electrons. The second kappa shape index (κ2) is 5.88. The summed E-state index contributed by atoms with van der Waals surface area (Å²) in [7, 11) is 0. The molecule has 0 saturated heterocycles. The van der Waals surface area contributed by atoms with Crippen LogP contribution < -0.4 is 10.2 Å². The van der Waals surface area contributed by atoms with Crippen LogP contribution in [-0.2, 0) is 4.79 Å². The number of aromatic hydroxyl groups is 1. The fourth-order valence-corrected chi connectivity index (χ4v) is 1.51. The van der Waals surface area contributed by atoms with Crippen molar-refractivity contribution in [1.29, 1.82) is 0 Å². The van der Waals surface area contributed by atoms with Crippen LogP contribution in [0.25, 0.3) is 6.08 Å². The molecule has 1 aromatic heterocycles. The van der Waals surface area contributed by atoms with E-state index in [1.807, 2.05) is 0 Å². The third-order valence-electron chi connectivity index (χ3n) is 2.52. The van der Waals surface area contributed by atoms with Crippen LogP contribution in [0.3, 0.4) is 0 Å². The van der Waals surface area contributed by atoms with E-state index in [2.05, 4.69) is 0 Å². The van der Waals surface area contributed by atoms with E-state index in [4.69, 9.17) is 14.3 Å². The summed E-state index contributed by atoms with van der Waals surface area (Å²) in [5.41, 5.74) is 0.303. The maximum Gasteiger partial charge on any atom is 0.336 e. The van der Waals surface area contributed by atoms with E-state index in [9.17, 15) is 9.59 Å². The highest BCUT2D eigenvalue weighted by atomic mass is 16.5. The fraction of sp³-hybridized carbons (Fsp3) is 0.0667. The number of carbonyl (C=O) groups excluding carboxylic acids is 1. The van der Waals surface area contributed by atoms with Gasteiger partial charge in [-0.05, 0) is 30.7 Å². The Labute approximate surface area is 114 Å². The van der Waals surface area contributed by atoms with Gasteiger partial charge in [0.25, 0.3) is 0 Å². The number of aryl methyl sites for hydroxylation is 1. The van der Waals surface area contributed by atoms with Crippen LogP contribution in [0.5, 0.6) is 11.5 Å². The molecule has 1 heterocycles. The van der Waals surface area contributed by atoms with E-state index in [0.29, 0.717) is 0 Å². The summed E-state index contributed by atoms with van der Waals surface area (Å²) >= 11 is 0. The van der Waals surface area contributed by atoms with Crippen molar-refractivity contribution in [2.75, 3.05) is 0 Å². The predicted molar refractivity (Wildman–Crippen MR) is 72.5 cm³/mol. The van der Waals surface area contributed by atoms with Crippen LogP contribution in [-0.4, -0.2) is 11.1 Å². The maximum atomic E-state index is 11.6. The van der Waals surface area contributed by atoms with Crippen LogP contribution in [0.1, 0.15) is 11.3 Å². The van der Waals surface area contributed by atoms with Gasteiger partial charge < -0.3 is 14.3 Å². The zero-order valence-corrected chi connectivity index (χ0v) is 10.7. The van der Waals surface area contributed by atoms with Gasteiger partial charge in [0.2, 0.25) is 11.2 Å². The van der Waals surface area contributed by atoms with Crippen molar-refractivity contribution in [2.24, 2.45) is 0 Å². The number of carbonyl (C=O) groups is 1. The number of ether oxygens (including phenoxy) is 1. The lowest BCUT2D eigenvalue weighted by Crippen LogP contribution is -2.13. The van der Waals surface area contributed by atoms with Crippen LogP contribution >= 0.6 is 0 Å². The molecule has 20 heavy (non-hydrogen) atoms. The summed E-state index contributed by atoms with van der Waals surface area (Å²) in [5.74, 6) is -0.418. The maximum absolute atomic E-state index is 11.6. The normalized spacial score (nSPS) is 10.7. The van der Waals surface area contributed by atoms with Crippen molar-refractivity contribution < 1.29 is 19.1 Å². The van der Waals surface area contributed by atoms with E-state index in [1.165, 1.54) is 43.5 Å². The molecule has 0 aliphatic rings. The second-order valence-corrected chi connectivity index (χ2v) is 4.02. The topological polar surface area (TPSA) is 76.7 Å². The lowest BCUT2D eigenvalue weighted by molar-refractivity contribution is -0.129. The van der Waals surface area contributed by atoms with Crippen LogP contribution in [0.2, 0.25) is 0 Å². The van der Waals surface area contributed by atoms with Crippen LogP contribution in [0.15, 0.2) is 51.9 Å². The van der Waals surface area contributed by atoms with Crippen molar-refractivity contribution in [2.45, 2.75) is 6.92 Å². The highest BCUT2D eigenvalue weighted by Crippen LogP contribution is 2.13. The summed E-state index contributed by atoms with van der Waals surface area (Å²) in [6, 6.07) is 7.46. The average Bonchev–Trinajstić information content (AvgIpc) is 2.42. The quantitative estimate of drug-likeness (QED) is 0.685. The van der Waals surface area contributed by atoms with Gasteiger partial charge in [0.15, 0.2) is 0 Å². The Balaban J connectivity index is 2.09. The smallest absolute Gasteiger partial charge is 0.336 e. The van der Waals surface area contributed by atoms with E-state index < -0.39 is 11.4 Å². The van der Waals surface area contributed by atoms with E-state index in [0.717, 1.165) is 5.56 Å². The second-order valence-electron chi connectivity index (χ2n) is 4.02. The van der Waals surface area contributed by atoms with Crippen molar-refractivity contribution >= 4 is 12.0 Å². The van der Waals surface area contributed by atoms with Gasteiger partial charge in [-0.1, -0.05) is 12.1 Å². The molecule has 5 heteroatoms. The third-order valence-corrected chi connectivity index (χ3v) is 2.52. The summed E-state index contributed by atoms with van der Waals surface area (Å²) in [6.07, 6.45) is 3.95. The van der Waals surface area contributed by atoms with Crippen LogP contribution in [0, 0.1) is 6.92 Å². The molecule has 1 N–H and O–H groups in total. The number of esters is 1. The summed E-state index contributed by atoms with van der Waals surface area (Å²) in [5, 5.41) is 9.13. The summed E-state index contributed by atoms with van der Waals surface area (Å²) < 4.78 is 9.93. The third kappa shape index (κ3) is 3.35. The van der Waals surface area contributed by atoms with Gasteiger partial charge >= 0.3 is 5.97 Å². The lowest BCUT2D eigenvalue weighted by Gasteiger charge is -2.02. The summed E-state index contributed by atoms with van der Waals surface area (Å²) in [4.78, 5) is 23.1. The van der Waals surface area contributed by atoms with Crippen molar-refractivity contribution in [1.82, 2.24) is 0 Å². The number of phenols is 1. The van der Waals surface area contributed by atoms with E-state index >= 15 is 0 Å². The Bertz CT molecular complexity index is 695. The monoisotopic (exact) mass is 272 g/mol. The first-order valence-electron chi connectivity index (χ1n) is 5.83. The Morgan fingerprint density at radius 3 is 2.60 bits per heavy atom. The molecule has 0 atom stereocenters. The molecule has 0 amide bonds. The number of rotatable bonds is 3. The summed E-state index contributed by atoms with van der Waals surface area (Å²) in [6.45, 7) is 1.54. The molecule has 1 aromatic carbocycles. The SMILES string of the molecule is Cc1occc(=O)c1OC(=O)/C=C/c1ccc(O)cc1. The molecular formula is C15H12O5. The van der Waals surface area contributed by atoms with E-state index in [1.54, 1.807) is 12.1 Å².